The molecule has 0 saturated heterocycles. The van der Waals surface area contributed by atoms with Crippen molar-refractivity contribution in [2.24, 2.45) is 0 Å². The van der Waals surface area contributed by atoms with Gasteiger partial charge in [0, 0.05) is 30.1 Å². The number of aromatic nitrogens is 3. The Labute approximate surface area is 147 Å². The zero-order chi connectivity index (χ0) is 17.5. The minimum Gasteiger partial charge on any atom is -0.493 e. The van der Waals surface area contributed by atoms with E-state index < -0.39 is 0 Å². The van der Waals surface area contributed by atoms with Crippen molar-refractivity contribution >= 4 is 0 Å². The van der Waals surface area contributed by atoms with Gasteiger partial charge >= 0.3 is 0 Å². The fourth-order valence-electron chi connectivity index (χ4n) is 2.70. The number of pyridine rings is 1. The normalized spacial score (nSPS) is 10.6. The molecule has 0 aliphatic rings. The summed E-state index contributed by atoms with van der Waals surface area (Å²) in [6, 6.07) is 9.95. The van der Waals surface area contributed by atoms with E-state index in [4.69, 9.17) is 9.47 Å². The van der Waals surface area contributed by atoms with Gasteiger partial charge in [0.05, 0.1) is 26.1 Å². The lowest BCUT2D eigenvalue weighted by Crippen LogP contribution is -2.16. The van der Waals surface area contributed by atoms with Crippen LogP contribution in [0.5, 0.6) is 11.5 Å². The lowest BCUT2D eigenvalue weighted by molar-refractivity contribution is 0.354. The van der Waals surface area contributed by atoms with Crippen LogP contribution in [0.1, 0.15) is 11.1 Å². The number of rotatable bonds is 8. The maximum absolute atomic E-state index is 5.34. The number of H-pyrrole nitrogens is 1. The largest absolute Gasteiger partial charge is 0.493 e. The highest BCUT2D eigenvalue weighted by molar-refractivity contribution is 5.61. The van der Waals surface area contributed by atoms with Crippen molar-refractivity contribution in [3.05, 3.63) is 60.0 Å². The van der Waals surface area contributed by atoms with Gasteiger partial charge in [-0.1, -0.05) is 6.07 Å². The summed E-state index contributed by atoms with van der Waals surface area (Å²) in [5, 5.41) is 10.7. The highest BCUT2D eigenvalue weighted by Crippen LogP contribution is 2.27. The van der Waals surface area contributed by atoms with E-state index in [-0.39, 0.29) is 0 Å². The van der Waals surface area contributed by atoms with Crippen molar-refractivity contribution in [3.8, 4) is 22.8 Å². The van der Waals surface area contributed by atoms with Gasteiger partial charge < -0.3 is 14.8 Å². The molecule has 0 saturated carbocycles. The number of benzene rings is 1. The Morgan fingerprint density at radius 1 is 1.08 bits per heavy atom. The number of nitrogens with one attached hydrogen (secondary N) is 2. The Bertz CT molecular complexity index is 802. The molecule has 2 N–H and O–H groups in total. The molecule has 2 heterocycles. The molecule has 0 bridgehead atoms. The molecule has 0 amide bonds. The molecule has 6 nitrogen and oxygen atoms in total. The van der Waals surface area contributed by atoms with E-state index in [2.05, 4.69) is 26.6 Å². The molecule has 6 heteroatoms. The van der Waals surface area contributed by atoms with Crippen LogP contribution in [-0.2, 0) is 13.0 Å². The Hall–Kier alpha value is -2.86. The predicted molar refractivity (Wildman–Crippen MR) is 96.8 cm³/mol. The van der Waals surface area contributed by atoms with Gasteiger partial charge in [-0.2, -0.15) is 5.10 Å². The number of methoxy groups -OCH3 is 2. The van der Waals surface area contributed by atoms with Crippen LogP contribution in [0.15, 0.2) is 48.9 Å². The average molecular weight is 338 g/mol. The van der Waals surface area contributed by atoms with Gasteiger partial charge in [0.15, 0.2) is 11.5 Å². The molecular weight excluding hydrogens is 316 g/mol. The lowest BCUT2D eigenvalue weighted by atomic mass is 10.1. The second-order valence-corrected chi connectivity index (χ2v) is 5.63. The first-order valence-electron chi connectivity index (χ1n) is 8.16. The van der Waals surface area contributed by atoms with Gasteiger partial charge in [0.2, 0.25) is 0 Å². The summed E-state index contributed by atoms with van der Waals surface area (Å²) >= 11 is 0. The molecule has 0 fully saturated rings. The quantitative estimate of drug-likeness (QED) is 0.618. The Morgan fingerprint density at radius 2 is 1.96 bits per heavy atom. The second-order valence-electron chi connectivity index (χ2n) is 5.63. The summed E-state index contributed by atoms with van der Waals surface area (Å²) in [6.45, 7) is 1.60. The number of ether oxygens (including phenoxy) is 2. The molecule has 2 aromatic heterocycles. The standard InChI is InChI=1S/C19H22N4O2/c1-24-17-6-5-14(10-18(17)25-2)7-9-21-12-16-13-22-23-19(16)15-4-3-8-20-11-15/h3-6,8,10-11,13,21H,7,9,12H2,1-2H3,(H,22,23). The zero-order valence-corrected chi connectivity index (χ0v) is 14.5. The fraction of sp³-hybridized carbons (Fsp3) is 0.263. The number of aromatic amines is 1. The molecule has 1 aromatic carbocycles. The lowest BCUT2D eigenvalue weighted by Gasteiger charge is -2.10. The third kappa shape index (κ3) is 4.16. The molecule has 25 heavy (non-hydrogen) atoms. The van der Waals surface area contributed by atoms with Crippen LogP contribution in [-0.4, -0.2) is 35.9 Å². The van der Waals surface area contributed by atoms with Crippen molar-refractivity contribution in [1.29, 1.82) is 0 Å². The minimum atomic E-state index is 0.744. The zero-order valence-electron chi connectivity index (χ0n) is 14.5. The molecule has 0 aliphatic heterocycles. The fourth-order valence-corrected chi connectivity index (χ4v) is 2.70. The molecule has 0 unspecified atom stereocenters. The van der Waals surface area contributed by atoms with E-state index >= 15 is 0 Å². The van der Waals surface area contributed by atoms with Crippen LogP contribution in [0.2, 0.25) is 0 Å². The van der Waals surface area contributed by atoms with Gasteiger partial charge in [0.25, 0.3) is 0 Å². The summed E-state index contributed by atoms with van der Waals surface area (Å²) in [4.78, 5) is 4.16. The molecule has 3 rings (SSSR count). The van der Waals surface area contributed by atoms with Crippen LogP contribution in [0, 0.1) is 0 Å². The van der Waals surface area contributed by atoms with Crippen LogP contribution >= 0.6 is 0 Å². The molecule has 130 valence electrons. The molecule has 0 aliphatic carbocycles. The van der Waals surface area contributed by atoms with Gasteiger partial charge in [-0.25, -0.2) is 0 Å². The highest BCUT2D eigenvalue weighted by atomic mass is 16.5. The van der Waals surface area contributed by atoms with E-state index in [9.17, 15) is 0 Å². The van der Waals surface area contributed by atoms with Gasteiger partial charge in [-0.3, -0.25) is 10.1 Å². The SMILES string of the molecule is COc1ccc(CCNCc2cn[nH]c2-c2cccnc2)cc1OC. The summed E-state index contributed by atoms with van der Waals surface area (Å²) < 4.78 is 10.6. The predicted octanol–water partition coefficient (Wildman–Crippen LogP) is 2.82. The van der Waals surface area contributed by atoms with Gasteiger partial charge in [-0.15, -0.1) is 0 Å². The van der Waals surface area contributed by atoms with Crippen LogP contribution in [0.25, 0.3) is 11.3 Å². The van der Waals surface area contributed by atoms with Crippen LogP contribution in [0.4, 0.5) is 0 Å². The first-order valence-corrected chi connectivity index (χ1v) is 8.16. The van der Waals surface area contributed by atoms with Gasteiger partial charge in [0.1, 0.15) is 0 Å². The maximum Gasteiger partial charge on any atom is 0.160 e. The summed E-state index contributed by atoms with van der Waals surface area (Å²) in [5.41, 5.74) is 4.37. The Balaban J connectivity index is 1.55. The topological polar surface area (TPSA) is 72.1 Å². The number of hydrogen-bond acceptors (Lipinski definition) is 5. The first-order chi connectivity index (χ1) is 12.3. The minimum absolute atomic E-state index is 0.744. The maximum atomic E-state index is 5.34. The highest BCUT2D eigenvalue weighted by Gasteiger charge is 2.08. The van der Waals surface area contributed by atoms with Crippen molar-refractivity contribution in [3.63, 3.8) is 0 Å². The van der Waals surface area contributed by atoms with Crippen molar-refractivity contribution in [1.82, 2.24) is 20.5 Å². The van der Waals surface area contributed by atoms with E-state index in [1.54, 1.807) is 20.4 Å². The van der Waals surface area contributed by atoms with Gasteiger partial charge in [-0.05, 0) is 42.8 Å². The van der Waals surface area contributed by atoms with Crippen molar-refractivity contribution < 1.29 is 9.47 Å². The van der Waals surface area contributed by atoms with Crippen molar-refractivity contribution in [2.75, 3.05) is 20.8 Å². The van der Waals surface area contributed by atoms with Crippen LogP contribution in [0.3, 0.4) is 0 Å². The molecular formula is C19H22N4O2. The molecule has 0 atom stereocenters. The Morgan fingerprint density at radius 3 is 2.72 bits per heavy atom. The van der Waals surface area contributed by atoms with E-state index in [1.807, 2.05) is 36.7 Å². The average Bonchev–Trinajstić information content (AvgIpc) is 3.14. The number of nitrogens with zero attached hydrogens (tertiary/aromatic N) is 2. The first kappa shape index (κ1) is 17.0. The molecule has 3 aromatic rings. The third-order valence-electron chi connectivity index (χ3n) is 4.02. The second kappa shape index (κ2) is 8.30. The summed E-state index contributed by atoms with van der Waals surface area (Å²) in [7, 11) is 3.29. The van der Waals surface area contributed by atoms with E-state index in [1.165, 1.54) is 5.56 Å². The summed E-state index contributed by atoms with van der Waals surface area (Å²) in [5.74, 6) is 1.51. The molecule has 0 radical (unpaired) electrons. The monoisotopic (exact) mass is 338 g/mol. The van der Waals surface area contributed by atoms with Crippen molar-refractivity contribution in [2.45, 2.75) is 13.0 Å². The Kier molecular flexibility index (Phi) is 5.64. The summed E-state index contributed by atoms with van der Waals surface area (Å²) in [6.07, 6.45) is 6.35. The smallest absolute Gasteiger partial charge is 0.160 e. The molecule has 0 spiro atoms. The number of hydrogen-bond donors (Lipinski definition) is 2. The van der Waals surface area contributed by atoms with E-state index in [0.29, 0.717) is 0 Å². The third-order valence-corrected chi connectivity index (χ3v) is 4.02. The van der Waals surface area contributed by atoms with E-state index in [0.717, 1.165) is 47.8 Å². The van der Waals surface area contributed by atoms with Crippen LogP contribution < -0.4 is 14.8 Å².